The number of ether oxygens (including phenoxy) is 1. The number of thioether (sulfide) groups is 1. The van der Waals surface area contributed by atoms with E-state index in [2.05, 4.69) is 26.3 Å². The van der Waals surface area contributed by atoms with Crippen molar-refractivity contribution in [1.82, 2.24) is 26.3 Å². The third-order valence-corrected chi connectivity index (χ3v) is 4.15. The van der Waals surface area contributed by atoms with Crippen molar-refractivity contribution in [3.63, 3.8) is 0 Å². The Bertz CT molecular complexity index is 876. The number of nitrogens with zero attached hydrogens (tertiary/aromatic N) is 1. The van der Waals surface area contributed by atoms with Gasteiger partial charge in [-0.3, -0.25) is 20.2 Å². The zero-order valence-corrected chi connectivity index (χ0v) is 19.8. The number of aromatic nitrogens is 1. The molecule has 0 bridgehead atoms. The van der Waals surface area contributed by atoms with Crippen LogP contribution in [0.2, 0.25) is 0 Å². The Morgan fingerprint density at radius 2 is 1.44 bits per heavy atom. The van der Waals surface area contributed by atoms with E-state index < -0.39 is 47.5 Å². The zero-order chi connectivity index (χ0) is 24.5. The second kappa shape index (κ2) is 11.5. The first-order valence-electron chi connectivity index (χ1n) is 9.65. The predicted molar refractivity (Wildman–Crippen MR) is 118 cm³/mol. The van der Waals surface area contributed by atoms with Crippen LogP contribution in [0.4, 0.5) is 9.59 Å². The highest BCUT2D eigenvalue weighted by atomic mass is 32.2. The summed E-state index contributed by atoms with van der Waals surface area (Å²) in [7, 11) is 0. The van der Waals surface area contributed by atoms with Gasteiger partial charge >= 0.3 is 18.0 Å². The SMILES string of the molecule is CC(C)(C)NC(=O)NC(=O)COC(=O)c1cccnc1SCC(=O)NC(=O)NC(C)(C)C. The van der Waals surface area contributed by atoms with Gasteiger partial charge in [0, 0.05) is 17.3 Å². The maximum atomic E-state index is 12.3. The Morgan fingerprint density at radius 1 is 0.906 bits per heavy atom. The minimum Gasteiger partial charge on any atom is -0.452 e. The molecule has 176 valence electrons. The summed E-state index contributed by atoms with van der Waals surface area (Å²) in [5.74, 6) is -2.41. The minimum absolute atomic E-state index is 0.0383. The summed E-state index contributed by atoms with van der Waals surface area (Å²) in [6.07, 6.45) is 1.42. The van der Waals surface area contributed by atoms with Crippen molar-refractivity contribution in [1.29, 1.82) is 0 Å². The lowest BCUT2D eigenvalue weighted by molar-refractivity contribution is -0.123. The number of pyridine rings is 1. The van der Waals surface area contributed by atoms with Gasteiger partial charge < -0.3 is 15.4 Å². The molecular weight excluding hydrogens is 438 g/mol. The molecule has 1 aromatic heterocycles. The first-order valence-corrected chi connectivity index (χ1v) is 10.6. The fraction of sp³-hybridized carbons (Fsp3) is 0.500. The number of hydrogen-bond acceptors (Lipinski definition) is 8. The Hall–Kier alpha value is -3.15. The molecule has 0 fully saturated rings. The van der Waals surface area contributed by atoms with Gasteiger partial charge in [-0.15, -0.1) is 0 Å². The lowest BCUT2D eigenvalue weighted by Gasteiger charge is -2.20. The van der Waals surface area contributed by atoms with E-state index in [1.807, 2.05) is 0 Å². The molecule has 6 amide bonds. The lowest BCUT2D eigenvalue weighted by atomic mass is 10.1. The van der Waals surface area contributed by atoms with E-state index >= 15 is 0 Å². The van der Waals surface area contributed by atoms with Gasteiger partial charge in [0.25, 0.3) is 5.91 Å². The molecule has 0 spiro atoms. The van der Waals surface area contributed by atoms with Crippen LogP contribution in [-0.2, 0) is 14.3 Å². The van der Waals surface area contributed by atoms with Gasteiger partial charge in [-0.1, -0.05) is 11.8 Å². The molecule has 0 atom stereocenters. The molecule has 0 saturated carbocycles. The standard InChI is InChI=1S/C20H29N5O6S/c1-19(2,3)24-17(29)22-13(26)10-31-16(28)12-8-7-9-21-15(12)32-11-14(27)23-18(30)25-20(4,5)6/h7-9H,10-11H2,1-6H3,(H2,22,24,26,29)(H2,23,25,27,30). The number of urea groups is 2. The fourth-order valence-corrected chi connectivity index (χ4v) is 2.86. The van der Waals surface area contributed by atoms with Gasteiger partial charge in [0.1, 0.15) is 5.03 Å². The van der Waals surface area contributed by atoms with Crippen molar-refractivity contribution in [3.8, 4) is 0 Å². The molecule has 1 rings (SSSR count). The van der Waals surface area contributed by atoms with Gasteiger partial charge in [-0.2, -0.15) is 0 Å². The zero-order valence-electron chi connectivity index (χ0n) is 19.0. The highest BCUT2D eigenvalue weighted by Crippen LogP contribution is 2.20. The average Bonchev–Trinajstić information content (AvgIpc) is 2.61. The molecule has 0 aliphatic carbocycles. The summed E-state index contributed by atoms with van der Waals surface area (Å²) >= 11 is 0.926. The van der Waals surface area contributed by atoms with Crippen LogP contribution in [0, 0.1) is 0 Å². The first-order chi connectivity index (χ1) is 14.7. The Balaban J connectivity index is 2.60. The number of esters is 1. The molecule has 1 heterocycles. The molecule has 0 unspecified atom stereocenters. The van der Waals surface area contributed by atoms with E-state index in [1.54, 1.807) is 41.5 Å². The van der Waals surface area contributed by atoms with Crippen molar-refractivity contribution in [3.05, 3.63) is 23.9 Å². The van der Waals surface area contributed by atoms with Crippen molar-refractivity contribution in [2.75, 3.05) is 12.4 Å². The van der Waals surface area contributed by atoms with Crippen molar-refractivity contribution >= 4 is 41.6 Å². The summed E-state index contributed by atoms with van der Waals surface area (Å²) in [5, 5.41) is 9.56. The number of imide groups is 2. The van der Waals surface area contributed by atoms with Crippen LogP contribution in [0.1, 0.15) is 51.9 Å². The molecule has 4 N–H and O–H groups in total. The molecule has 32 heavy (non-hydrogen) atoms. The van der Waals surface area contributed by atoms with Crippen LogP contribution in [0.15, 0.2) is 23.4 Å². The minimum atomic E-state index is -0.849. The molecule has 0 aromatic carbocycles. The second-order valence-electron chi connectivity index (χ2n) is 8.73. The van der Waals surface area contributed by atoms with Crippen LogP contribution in [0.3, 0.4) is 0 Å². The van der Waals surface area contributed by atoms with E-state index in [0.29, 0.717) is 0 Å². The normalized spacial score (nSPS) is 11.2. The summed E-state index contributed by atoms with van der Waals surface area (Å²) in [6, 6.07) is 1.57. The Labute approximate surface area is 190 Å². The maximum absolute atomic E-state index is 12.3. The smallest absolute Gasteiger partial charge is 0.341 e. The highest BCUT2D eigenvalue weighted by Gasteiger charge is 2.20. The monoisotopic (exact) mass is 467 g/mol. The quantitative estimate of drug-likeness (QED) is 0.363. The number of carbonyl (C=O) groups excluding carboxylic acids is 5. The Morgan fingerprint density at radius 3 is 1.97 bits per heavy atom. The third kappa shape index (κ3) is 11.3. The van der Waals surface area contributed by atoms with Gasteiger partial charge in [0.15, 0.2) is 6.61 Å². The predicted octanol–water partition coefficient (Wildman–Crippen LogP) is 1.58. The van der Waals surface area contributed by atoms with Crippen LogP contribution < -0.4 is 21.3 Å². The van der Waals surface area contributed by atoms with Crippen molar-refractivity contribution in [2.45, 2.75) is 57.6 Å². The van der Waals surface area contributed by atoms with E-state index in [1.165, 1.54) is 18.3 Å². The number of nitrogens with one attached hydrogen (secondary N) is 4. The molecule has 12 heteroatoms. The van der Waals surface area contributed by atoms with Crippen LogP contribution in [-0.4, -0.2) is 58.3 Å². The van der Waals surface area contributed by atoms with Gasteiger partial charge in [-0.05, 0) is 53.7 Å². The van der Waals surface area contributed by atoms with Gasteiger partial charge in [0.2, 0.25) is 5.91 Å². The van der Waals surface area contributed by atoms with E-state index in [-0.39, 0.29) is 16.3 Å². The topological polar surface area (TPSA) is 156 Å². The Kier molecular flexibility index (Phi) is 9.63. The van der Waals surface area contributed by atoms with E-state index in [4.69, 9.17) is 4.74 Å². The highest BCUT2D eigenvalue weighted by molar-refractivity contribution is 8.00. The van der Waals surface area contributed by atoms with Crippen molar-refractivity contribution < 1.29 is 28.7 Å². The van der Waals surface area contributed by atoms with Crippen LogP contribution in [0.25, 0.3) is 0 Å². The third-order valence-electron chi connectivity index (χ3n) is 3.15. The van der Waals surface area contributed by atoms with E-state index in [9.17, 15) is 24.0 Å². The first kappa shape index (κ1) is 26.9. The molecule has 0 aliphatic heterocycles. The van der Waals surface area contributed by atoms with Gasteiger partial charge in [-0.25, -0.2) is 19.4 Å². The second-order valence-corrected chi connectivity index (χ2v) is 9.69. The summed E-state index contributed by atoms with van der Waals surface area (Å²) in [4.78, 5) is 63.6. The molecule has 11 nitrogen and oxygen atoms in total. The number of hydrogen-bond donors (Lipinski definition) is 4. The van der Waals surface area contributed by atoms with E-state index in [0.717, 1.165) is 11.8 Å². The molecule has 0 aliphatic rings. The summed E-state index contributed by atoms with van der Waals surface area (Å²) in [5.41, 5.74) is -1.01. The summed E-state index contributed by atoms with van der Waals surface area (Å²) in [6.45, 7) is 9.88. The fourth-order valence-electron chi connectivity index (χ4n) is 2.07. The van der Waals surface area contributed by atoms with Crippen LogP contribution in [0.5, 0.6) is 0 Å². The number of amides is 6. The lowest BCUT2D eigenvalue weighted by Crippen LogP contribution is -2.49. The number of carbonyl (C=O) groups is 5. The molecule has 1 aromatic rings. The van der Waals surface area contributed by atoms with Gasteiger partial charge in [0.05, 0.1) is 11.3 Å². The van der Waals surface area contributed by atoms with Crippen molar-refractivity contribution in [2.24, 2.45) is 0 Å². The molecular formula is C20H29N5O6S. The average molecular weight is 468 g/mol. The number of rotatable bonds is 6. The summed E-state index contributed by atoms with van der Waals surface area (Å²) < 4.78 is 4.94. The van der Waals surface area contributed by atoms with Crippen LogP contribution >= 0.6 is 11.8 Å². The maximum Gasteiger partial charge on any atom is 0.341 e. The molecule has 0 saturated heterocycles. The molecule has 0 radical (unpaired) electrons. The largest absolute Gasteiger partial charge is 0.452 e.